The summed E-state index contributed by atoms with van der Waals surface area (Å²) in [5, 5.41) is 3.77. The molecule has 1 amide bonds. The third kappa shape index (κ3) is 8.44. The molecule has 0 unspecified atom stereocenters. The Balaban J connectivity index is 1.66. The first-order valence-corrected chi connectivity index (χ1v) is 9.93. The number of carbonyl (C=O) groups is 1. The average Bonchev–Trinajstić information content (AvgIpc) is 2.66. The van der Waals surface area contributed by atoms with Gasteiger partial charge in [-0.2, -0.15) is 0 Å². The molecule has 142 valence electrons. The minimum absolute atomic E-state index is 0.212. The van der Waals surface area contributed by atoms with Gasteiger partial charge in [0.2, 0.25) is 15.9 Å². The Bertz CT molecular complexity index is 893. The van der Waals surface area contributed by atoms with E-state index in [0.717, 1.165) is 11.0 Å². The molecule has 0 bridgehead atoms. The third-order valence-electron chi connectivity index (χ3n) is 3.49. The number of halogens is 1. The van der Waals surface area contributed by atoms with E-state index in [2.05, 4.69) is 10.0 Å². The molecule has 0 aliphatic carbocycles. The molecule has 0 spiro atoms. The van der Waals surface area contributed by atoms with E-state index in [0.29, 0.717) is 18.5 Å². The predicted octanol–water partition coefficient (Wildman–Crippen LogP) is 2.94. The lowest BCUT2D eigenvalue weighted by Gasteiger charge is -2.04. The molecular weight excluding hydrogens is 367 g/mol. The summed E-state index contributed by atoms with van der Waals surface area (Å²) in [6.07, 6.45) is 4.89. The van der Waals surface area contributed by atoms with E-state index < -0.39 is 10.0 Å². The van der Waals surface area contributed by atoms with Crippen LogP contribution in [0.4, 0.5) is 4.39 Å². The van der Waals surface area contributed by atoms with E-state index in [1.165, 1.54) is 24.3 Å². The number of hydrogen-bond donors (Lipinski definition) is 2. The first-order chi connectivity index (χ1) is 12.9. The summed E-state index contributed by atoms with van der Waals surface area (Å²) < 4.78 is 39.0. The number of nitrogens with one attached hydrogen (secondary N) is 2. The monoisotopic (exact) mass is 388 g/mol. The van der Waals surface area contributed by atoms with Gasteiger partial charge < -0.3 is 5.32 Å². The van der Waals surface area contributed by atoms with Crippen molar-refractivity contribution in [2.75, 3.05) is 13.1 Å². The molecule has 0 aliphatic rings. The zero-order valence-corrected chi connectivity index (χ0v) is 15.5. The van der Waals surface area contributed by atoms with Crippen molar-refractivity contribution >= 4 is 28.1 Å². The van der Waals surface area contributed by atoms with Crippen LogP contribution in [0.5, 0.6) is 0 Å². The summed E-state index contributed by atoms with van der Waals surface area (Å²) in [6, 6.07) is 14.9. The van der Waals surface area contributed by atoms with E-state index in [9.17, 15) is 17.6 Å². The molecule has 7 heteroatoms. The fraction of sp³-hybridized carbons (Fsp3) is 0.150. The predicted molar refractivity (Wildman–Crippen MR) is 105 cm³/mol. The molecule has 0 heterocycles. The van der Waals surface area contributed by atoms with Crippen LogP contribution in [-0.2, 0) is 14.8 Å². The lowest BCUT2D eigenvalue weighted by Crippen LogP contribution is -2.28. The first-order valence-electron chi connectivity index (χ1n) is 8.39. The molecule has 0 atom stereocenters. The summed E-state index contributed by atoms with van der Waals surface area (Å²) in [6.45, 7) is 0.543. The number of rotatable bonds is 9. The van der Waals surface area contributed by atoms with Crippen LogP contribution in [0.25, 0.3) is 12.2 Å². The maximum atomic E-state index is 12.8. The summed E-state index contributed by atoms with van der Waals surface area (Å²) in [4.78, 5) is 11.7. The summed E-state index contributed by atoms with van der Waals surface area (Å²) in [7, 11) is -3.52. The van der Waals surface area contributed by atoms with Gasteiger partial charge in [0.1, 0.15) is 5.82 Å². The van der Waals surface area contributed by atoms with Crippen LogP contribution in [-0.4, -0.2) is 27.4 Å². The Morgan fingerprint density at radius 1 is 0.926 bits per heavy atom. The molecule has 2 rings (SSSR count). The quantitative estimate of drug-likeness (QED) is 0.512. The van der Waals surface area contributed by atoms with Gasteiger partial charge in [0, 0.05) is 24.6 Å². The standard InChI is InChI=1S/C20H21FN2O3S/c21-19-10-7-18(8-11-19)9-12-20(24)22-14-4-15-23-27(25,26)16-13-17-5-2-1-3-6-17/h1-3,5-13,16,23H,4,14-15H2,(H,22,24). The molecule has 0 aromatic heterocycles. The molecular formula is C20H21FN2O3S. The topological polar surface area (TPSA) is 75.3 Å². The molecule has 0 saturated carbocycles. The number of amides is 1. The minimum Gasteiger partial charge on any atom is -0.353 e. The molecule has 0 saturated heterocycles. The number of benzene rings is 2. The Morgan fingerprint density at radius 3 is 2.30 bits per heavy atom. The van der Waals surface area contributed by atoms with Crippen LogP contribution in [0.3, 0.4) is 0 Å². The van der Waals surface area contributed by atoms with Crippen molar-refractivity contribution in [2.24, 2.45) is 0 Å². The van der Waals surface area contributed by atoms with Crippen LogP contribution in [0, 0.1) is 5.82 Å². The summed E-state index contributed by atoms with van der Waals surface area (Å²) >= 11 is 0. The maximum absolute atomic E-state index is 12.8. The van der Waals surface area contributed by atoms with Crippen molar-refractivity contribution in [1.82, 2.24) is 10.0 Å². The number of hydrogen-bond acceptors (Lipinski definition) is 3. The van der Waals surface area contributed by atoms with Gasteiger partial charge >= 0.3 is 0 Å². The van der Waals surface area contributed by atoms with E-state index in [-0.39, 0.29) is 18.3 Å². The average molecular weight is 388 g/mol. The van der Waals surface area contributed by atoms with Crippen LogP contribution in [0.2, 0.25) is 0 Å². The van der Waals surface area contributed by atoms with E-state index in [4.69, 9.17) is 0 Å². The van der Waals surface area contributed by atoms with Gasteiger partial charge in [0.15, 0.2) is 0 Å². The lowest BCUT2D eigenvalue weighted by atomic mass is 10.2. The highest BCUT2D eigenvalue weighted by molar-refractivity contribution is 7.92. The van der Waals surface area contributed by atoms with Crippen LogP contribution >= 0.6 is 0 Å². The molecule has 2 aromatic carbocycles. The van der Waals surface area contributed by atoms with Gasteiger partial charge in [-0.1, -0.05) is 42.5 Å². The molecule has 27 heavy (non-hydrogen) atoms. The highest BCUT2D eigenvalue weighted by Crippen LogP contribution is 2.04. The van der Waals surface area contributed by atoms with Crippen LogP contribution in [0.1, 0.15) is 17.5 Å². The molecule has 2 aromatic rings. The van der Waals surface area contributed by atoms with Crippen molar-refractivity contribution in [3.8, 4) is 0 Å². The highest BCUT2D eigenvalue weighted by atomic mass is 32.2. The fourth-order valence-electron chi connectivity index (χ4n) is 2.10. The van der Waals surface area contributed by atoms with Gasteiger partial charge in [-0.3, -0.25) is 4.79 Å². The van der Waals surface area contributed by atoms with E-state index in [1.807, 2.05) is 18.2 Å². The summed E-state index contributed by atoms with van der Waals surface area (Å²) in [5.74, 6) is -0.635. The highest BCUT2D eigenvalue weighted by Gasteiger charge is 2.04. The molecule has 0 fully saturated rings. The number of carbonyl (C=O) groups excluding carboxylic acids is 1. The second-order valence-corrected chi connectivity index (χ2v) is 7.33. The molecule has 0 aliphatic heterocycles. The fourth-order valence-corrected chi connectivity index (χ4v) is 2.96. The van der Waals surface area contributed by atoms with E-state index in [1.54, 1.807) is 30.3 Å². The Morgan fingerprint density at radius 2 is 1.59 bits per heavy atom. The first kappa shape index (κ1) is 20.5. The largest absolute Gasteiger partial charge is 0.353 e. The minimum atomic E-state index is -3.52. The molecule has 0 radical (unpaired) electrons. The third-order valence-corrected chi connectivity index (χ3v) is 4.59. The maximum Gasteiger partial charge on any atom is 0.243 e. The number of sulfonamides is 1. The zero-order valence-electron chi connectivity index (χ0n) is 14.6. The van der Waals surface area contributed by atoms with E-state index >= 15 is 0 Å². The Kier molecular flexibility index (Phi) is 7.91. The van der Waals surface area contributed by atoms with Gasteiger partial charge in [0.05, 0.1) is 0 Å². The van der Waals surface area contributed by atoms with Crippen molar-refractivity contribution in [3.63, 3.8) is 0 Å². The SMILES string of the molecule is O=C(C=Cc1ccc(F)cc1)NCCCNS(=O)(=O)C=Cc1ccccc1. The van der Waals surface area contributed by atoms with Crippen LogP contribution in [0.15, 0.2) is 66.1 Å². The zero-order chi connectivity index (χ0) is 19.5. The van der Waals surface area contributed by atoms with Gasteiger partial charge in [0.25, 0.3) is 0 Å². The second-order valence-electron chi connectivity index (χ2n) is 5.68. The van der Waals surface area contributed by atoms with Crippen molar-refractivity contribution in [3.05, 3.63) is 83.0 Å². The van der Waals surface area contributed by atoms with Gasteiger partial charge in [-0.05, 0) is 41.8 Å². The normalized spacial score (nSPS) is 11.9. The van der Waals surface area contributed by atoms with Crippen LogP contribution < -0.4 is 10.0 Å². The molecule has 2 N–H and O–H groups in total. The van der Waals surface area contributed by atoms with Crippen molar-refractivity contribution in [1.29, 1.82) is 0 Å². The smallest absolute Gasteiger partial charge is 0.243 e. The van der Waals surface area contributed by atoms with Crippen molar-refractivity contribution in [2.45, 2.75) is 6.42 Å². The van der Waals surface area contributed by atoms with Gasteiger partial charge in [-0.25, -0.2) is 17.5 Å². The van der Waals surface area contributed by atoms with Crippen molar-refractivity contribution < 1.29 is 17.6 Å². The second kappa shape index (κ2) is 10.4. The Labute approximate surface area is 158 Å². The summed E-state index contributed by atoms with van der Waals surface area (Å²) in [5.41, 5.74) is 1.51. The Hall–Kier alpha value is -2.77. The molecule has 5 nitrogen and oxygen atoms in total. The lowest BCUT2D eigenvalue weighted by molar-refractivity contribution is -0.116. The van der Waals surface area contributed by atoms with Gasteiger partial charge in [-0.15, -0.1) is 0 Å².